The van der Waals surface area contributed by atoms with E-state index in [9.17, 15) is 4.39 Å². The van der Waals surface area contributed by atoms with Gasteiger partial charge in [0.2, 0.25) is 0 Å². The van der Waals surface area contributed by atoms with Crippen molar-refractivity contribution in [3.8, 4) is 0 Å². The Morgan fingerprint density at radius 1 is 1.42 bits per heavy atom. The molecule has 1 aromatic carbocycles. The molecule has 0 atom stereocenters. The molecule has 2 nitrogen and oxygen atoms in total. The number of anilines is 1. The number of likely N-dealkylation sites (N-methyl/N-ethyl adjacent to an activating group) is 1. The van der Waals surface area contributed by atoms with Gasteiger partial charge in [-0.15, -0.1) is 0 Å². The SMILES string of the molecule is CN(CCO)c1ccccc1F. The molecule has 0 heterocycles. The Labute approximate surface area is 71.2 Å². The first-order chi connectivity index (χ1) is 5.75. The van der Waals surface area contributed by atoms with Gasteiger partial charge in [-0.3, -0.25) is 0 Å². The third kappa shape index (κ3) is 1.95. The van der Waals surface area contributed by atoms with Crippen LogP contribution in [0, 0.1) is 5.82 Å². The Balaban J connectivity index is 2.79. The van der Waals surface area contributed by atoms with Crippen LogP contribution in [0.2, 0.25) is 0 Å². The van der Waals surface area contributed by atoms with Gasteiger partial charge in [-0.05, 0) is 12.1 Å². The molecule has 0 unspecified atom stereocenters. The second kappa shape index (κ2) is 4.07. The lowest BCUT2D eigenvalue weighted by atomic mass is 10.3. The third-order valence-corrected chi connectivity index (χ3v) is 1.70. The average Bonchev–Trinajstić information content (AvgIpc) is 2.05. The van der Waals surface area contributed by atoms with Crippen molar-refractivity contribution in [2.24, 2.45) is 0 Å². The summed E-state index contributed by atoms with van der Waals surface area (Å²) in [5.41, 5.74) is 0.520. The topological polar surface area (TPSA) is 23.5 Å². The number of hydrogen-bond donors (Lipinski definition) is 1. The zero-order valence-electron chi connectivity index (χ0n) is 7.00. The van der Waals surface area contributed by atoms with Gasteiger partial charge in [0.05, 0.1) is 12.3 Å². The number of nitrogens with zero attached hydrogens (tertiary/aromatic N) is 1. The van der Waals surface area contributed by atoms with Crippen LogP contribution >= 0.6 is 0 Å². The van der Waals surface area contributed by atoms with Crippen LogP contribution in [0.3, 0.4) is 0 Å². The van der Waals surface area contributed by atoms with E-state index in [2.05, 4.69) is 0 Å². The van der Waals surface area contributed by atoms with Crippen molar-refractivity contribution in [1.82, 2.24) is 0 Å². The van der Waals surface area contributed by atoms with Crippen molar-refractivity contribution in [1.29, 1.82) is 0 Å². The van der Waals surface area contributed by atoms with Crippen LogP contribution in [-0.4, -0.2) is 25.3 Å². The summed E-state index contributed by atoms with van der Waals surface area (Å²) >= 11 is 0. The summed E-state index contributed by atoms with van der Waals surface area (Å²) in [7, 11) is 1.74. The molecule has 0 saturated carbocycles. The van der Waals surface area contributed by atoms with Crippen molar-refractivity contribution in [3.05, 3.63) is 30.1 Å². The number of hydrogen-bond acceptors (Lipinski definition) is 2. The summed E-state index contributed by atoms with van der Waals surface area (Å²) < 4.78 is 13.0. The molecule has 0 aliphatic carbocycles. The van der Waals surface area contributed by atoms with Gasteiger partial charge in [-0.1, -0.05) is 12.1 Å². The van der Waals surface area contributed by atoms with Gasteiger partial charge < -0.3 is 10.0 Å². The minimum absolute atomic E-state index is 0.0326. The fourth-order valence-corrected chi connectivity index (χ4v) is 1.03. The Hall–Kier alpha value is -1.09. The Bertz CT molecular complexity index is 252. The van der Waals surface area contributed by atoms with Crippen LogP contribution in [0.25, 0.3) is 0 Å². The summed E-state index contributed by atoms with van der Waals surface area (Å²) in [6.07, 6.45) is 0. The zero-order chi connectivity index (χ0) is 8.97. The largest absolute Gasteiger partial charge is 0.395 e. The second-order valence-corrected chi connectivity index (χ2v) is 2.60. The van der Waals surface area contributed by atoms with Crippen molar-refractivity contribution in [3.63, 3.8) is 0 Å². The van der Waals surface area contributed by atoms with Crippen LogP contribution < -0.4 is 4.90 Å². The van der Waals surface area contributed by atoms with Gasteiger partial charge in [0.1, 0.15) is 5.82 Å². The standard InChI is InChI=1S/C9H12FNO/c1-11(6-7-12)9-5-3-2-4-8(9)10/h2-5,12H,6-7H2,1H3. The van der Waals surface area contributed by atoms with E-state index in [0.29, 0.717) is 12.2 Å². The highest BCUT2D eigenvalue weighted by Crippen LogP contribution is 2.15. The van der Waals surface area contributed by atoms with Crippen LogP contribution in [0.4, 0.5) is 10.1 Å². The van der Waals surface area contributed by atoms with Crippen LogP contribution in [0.1, 0.15) is 0 Å². The summed E-state index contributed by atoms with van der Waals surface area (Å²) in [6, 6.07) is 6.51. The highest BCUT2D eigenvalue weighted by molar-refractivity contribution is 5.46. The smallest absolute Gasteiger partial charge is 0.146 e. The zero-order valence-corrected chi connectivity index (χ0v) is 7.00. The number of halogens is 1. The van der Waals surface area contributed by atoms with E-state index in [4.69, 9.17) is 5.11 Å². The van der Waals surface area contributed by atoms with Crippen LogP contribution in [0.15, 0.2) is 24.3 Å². The molecule has 0 aromatic heterocycles. The lowest BCUT2D eigenvalue weighted by Crippen LogP contribution is -2.21. The molecule has 1 aromatic rings. The summed E-state index contributed by atoms with van der Waals surface area (Å²) in [4.78, 5) is 1.68. The first kappa shape index (κ1) is 9.00. The van der Waals surface area contributed by atoms with E-state index in [1.165, 1.54) is 6.07 Å². The fraction of sp³-hybridized carbons (Fsp3) is 0.333. The predicted octanol–water partition coefficient (Wildman–Crippen LogP) is 1.25. The normalized spacial score (nSPS) is 9.92. The quantitative estimate of drug-likeness (QED) is 0.736. The van der Waals surface area contributed by atoms with Crippen LogP contribution in [-0.2, 0) is 0 Å². The first-order valence-electron chi connectivity index (χ1n) is 3.82. The average molecular weight is 169 g/mol. The minimum Gasteiger partial charge on any atom is -0.395 e. The maximum absolute atomic E-state index is 13.0. The molecule has 0 spiro atoms. The molecule has 0 aliphatic rings. The molecule has 0 fully saturated rings. The molecular formula is C9H12FNO. The number of aliphatic hydroxyl groups excluding tert-OH is 1. The van der Waals surface area contributed by atoms with E-state index in [0.717, 1.165) is 0 Å². The van der Waals surface area contributed by atoms with E-state index in [-0.39, 0.29) is 12.4 Å². The van der Waals surface area contributed by atoms with Gasteiger partial charge in [0.25, 0.3) is 0 Å². The second-order valence-electron chi connectivity index (χ2n) is 2.60. The molecule has 0 saturated heterocycles. The van der Waals surface area contributed by atoms with Crippen molar-refractivity contribution in [2.45, 2.75) is 0 Å². The Kier molecular flexibility index (Phi) is 3.05. The number of aliphatic hydroxyl groups is 1. The van der Waals surface area contributed by atoms with Crippen molar-refractivity contribution in [2.75, 3.05) is 25.1 Å². The van der Waals surface area contributed by atoms with E-state index in [1.54, 1.807) is 30.1 Å². The molecule has 0 aliphatic heterocycles. The summed E-state index contributed by atoms with van der Waals surface area (Å²) in [6.45, 7) is 0.478. The van der Waals surface area contributed by atoms with Gasteiger partial charge in [-0.25, -0.2) is 4.39 Å². The molecule has 1 N–H and O–H groups in total. The van der Waals surface area contributed by atoms with Gasteiger partial charge >= 0.3 is 0 Å². The van der Waals surface area contributed by atoms with Gasteiger partial charge in [0.15, 0.2) is 0 Å². The highest BCUT2D eigenvalue weighted by Gasteiger charge is 2.04. The maximum Gasteiger partial charge on any atom is 0.146 e. The number of para-hydroxylation sites is 1. The molecule has 1 rings (SSSR count). The van der Waals surface area contributed by atoms with E-state index < -0.39 is 0 Å². The molecule has 0 bridgehead atoms. The van der Waals surface area contributed by atoms with E-state index in [1.807, 2.05) is 0 Å². The van der Waals surface area contributed by atoms with Crippen molar-refractivity contribution < 1.29 is 9.50 Å². The molecular weight excluding hydrogens is 157 g/mol. The lowest BCUT2D eigenvalue weighted by Gasteiger charge is -2.17. The van der Waals surface area contributed by atoms with E-state index >= 15 is 0 Å². The minimum atomic E-state index is -0.256. The molecule has 12 heavy (non-hydrogen) atoms. The summed E-state index contributed by atoms with van der Waals surface area (Å²) in [5.74, 6) is -0.256. The lowest BCUT2D eigenvalue weighted by molar-refractivity contribution is 0.304. The summed E-state index contributed by atoms with van der Waals surface area (Å²) in [5, 5.41) is 8.62. The van der Waals surface area contributed by atoms with Crippen LogP contribution in [0.5, 0.6) is 0 Å². The van der Waals surface area contributed by atoms with Gasteiger partial charge in [0, 0.05) is 13.6 Å². The number of rotatable bonds is 3. The monoisotopic (exact) mass is 169 g/mol. The Morgan fingerprint density at radius 3 is 2.67 bits per heavy atom. The van der Waals surface area contributed by atoms with Gasteiger partial charge in [-0.2, -0.15) is 0 Å². The number of benzene rings is 1. The molecule has 0 radical (unpaired) electrons. The Morgan fingerprint density at radius 2 is 2.08 bits per heavy atom. The third-order valence-electron chi connectivity index (χ3n) is 1.70. The van der Waals surface area contributed by atoms with Crippen molar-refractivity contribution >= 4 is 5.69 Å². The molecule has 3 heteroatoms. The molecule has 66 valence electrons. The highest BCUT2D eigenvalue weighted by atomic mass is 19.1. The first-order valence-corrected chi connectivity index (χ1v) is 3.82. The predicted molar refractivity (Wildman–Crippen MR) is 46.8 cm³/mol. The molecule has 0 amide bonds. The fourth-order valence-electron chi connectivity index (χ4n) is 1.03. The maximum atomic E-state index is 13.0.